The summed E-state index contributed by atoms with van der Waals surface area (Å²) in [5, 5.41) is 20.2. The van der Waals surface area contributed by atoms with Crippen LogP contribution in [-0.2, 0) is 7.05 Å². The second-order valence-corrected chi connectivity index (χ2v) is 7.82. The smallest absolute Gasteiger partial charge is 0.272 e. The minimum absolute atomic E-state index is 0.0715. The number of benzene rings is 1. The van der Waals surface area contributed by atoms with Crippen LogP contribution in [0.1, 0.15) is 39.8 Å². The fourth-order valence-corrected chi connectivity index (χ4v) is 4.42. The summed E-state index contributed by atoms with van der Waals surface area (Å²) in [5.41, 5.74) is 2.51. The molecular formula is C19H21N3O2S. The van der Waals surface area contributed by atoms with Crippen molar-refractivity contribution >= 4 is 28.1 Å². The van der Waals surface area contributed by atoms with Crippen molar-refractivity contribution in [1.29, 1.82) is 0 Å². The SMILES string of the molecule is Cc1ccc2c(c1)c(C(=O)N[C@H](c1cccs1)C1CC(O)C1)nn2C. The third-order valence-corrected chi connectivity index (χ3v) is 5.93. The Bertz CT molecular complexity index is 910. The molecule has 0 aliphatic heterocycles. The summed E-state index contributed by atoms with van der Waals surface area (Å²) in [7, 11) is 1.85. The average molecular weight is 355 g/mol. The molecule has 1 fully saturated rings. The molecule has 0 spiro atoms. The molecule has 1 atom stereocenters. The highest BCUT2D eigenvalue weighted by Gasteiger charge is 2.36. The zero-order valence-electron chi connectivity index (χ0n) is 14.3. The molecule has 2 N–H and O–H groups in total. The van der Waals surface area contributed by atoms with Crippen molar-refractivity contribution < 1.29 is 9.90 Å². The maximum absolute atomic E-state index is 13.0. The molecule has 1 amide bonds. The summed E-state index contributed by atoms with van der Waals surface area (Å²) in [5.74, 6) is 0.116. The average Bonchev–Trinajstić information content (AvgIpc) is 3.18. The number of amides is 1. The van der Waals surface area contributed by atoms with E-state index in [1.54, 1.807) is 16.0 Å². The van der Waals surface area contributed by atoms with Gasteiger partial charge in [-0.25, -0.2) is 0 Å². The van der Waals surface area contributed by atoms with Gasteiger partial charge in [-0.2, -0.15) is 5.10 Å². The summed E-state index contributed by atoms with van der Waals surface area (Å²) >= 11 is 1.64. The van der Waals surface area contributed by atoms with E-state index in [4.69, 9.17) is 0 Å². The molecule has 5 nitrogen and oxygen atoms in total. The van der Waals surface area contributed by atoms with Gasteiger partial charge >= 0.3 is 0 Å². The Labute approximate surface area is 150 Å². The Morgan fingerprint density at radius 1 is 1.40 bits per heavy atom. The summed E-state index contributed by atoms with van der Waals surface area (Å²) in [6, 6.07) is 9.99. The lowest BCUT2D eigenvalue weighted by Crippen LogP contribution is -2.41. The number of aliphatic hydroxyl groups is 1. The van der Waals surface area contributed by atoms with Gasteiger partial charge in [-0.05, 0) is 49.3 Å². The van der Waals surface area contributed by atoms with Gasteiger partial charge in [-0.1, -0.05) is 17.7 Å². The lowest BCUT2D eigenvalue weighted by atomic mass is 9.76. The Hall–Kier alpha value is -2.18. The standard InChI is InChI=1S/C19H21N3O2S/c1-11-5-6-15-14(8-11)18(21-22(15)2)19(24)20-17(12-9-13(23)10-12)16-4-3-7-25-16/h3-8,12-13,17,23H,9-10H2,1-2H3,(H,20,24)/t12?,13?,17-/m0/s1. The van der Waals surface area contributed by atoms with Crippen LogP contribution in [0.3, 0.4) is 0 Å². The van der Waals surface area contributed by atoms with Crippen LogP contribution in [0.5, 0.6) is 0 Å². The van der Waals surface area contributed by atoms with E-state index < -0.39 is 0 Å². The normalized spacial score (nSPS) is 21.1. The van der Waals surface area contributed by atoms with E-state index in [1.807, 2.05) is 49.7 Å². The highest BCUT2D eigenvalue weighted by atomic mass is 32.1. The fourth-order valence-electron chi connectivity index (χ4n) is 3.55. The van der Waals surface area contributed by atoms with E-state index in [0.29, 0.717) is 5.69 Å². The van der Waals surface area contributed by atoms with Crippen molar-refractivity contribution in [3.05, 3.63) is 51.8 Å². The number of rotatable bonds is 4. The second kappa shape index (κ2) is 6.28. The van der Waals surface area contributed by atoms with Crippen LogP contribution in [0, 0.1) is 12.8 Å². The molecule has 1 aliphatic carbocycles. The van der Waals surface area contributed by atoms with E-state index in [0.717, 1.165) is 34.2 Å². The predicted octanol–water partition coefficient (Wildman–Crippen LogP) is 3.19. The Kier molecular flexibility index (Phi) is 4.09. The maximum atomic E-state index is 13.0. The van der Waals surface area contributed by atoms with Crippen LogP contribution >= 0.6 is 11.3 Å². The van der Waals surface area contributed by atoms with Crippen LogP contribution in [0.15, 0.2) is 35.7 Å². The lowest BCUT2D eigenvalue weighted by Gasteiger charge is -2.37. The second-order valence-electron chi connectivity index (χ2n) is 6.84. The molecule has 3 aromatic rings. The number of aryl methyl sites for hydroxylation is 2. The number of nitrogens with zero attached hydrogens (tertiary/aromatic N) is 2. The molecule has 1 saturated carbocycles. The highest BCUT2D eigenvalue weighted by molar-refractivity contribution is 7.10. The Morgan fingerprint density at radius 2 is 2.20 bits per heavy atom. The molecule has 130 valence electrons. The van der Waals surface area contributed by atoms with Gasteiger partial charge in [0, 0.05) is 17.3 Å². The van der Waals surface area contributed by atoms with Gasteiger partial charge < -0.3 is 10.4 Å². The first kappa shape index (κ1) is 16.3. The van der Waals surface area contributed by atoms with Crippen LogP contribution < -0.4 is 5.32 Å². The van der Waals surface area contributed by atoms with Crippen molar-refractivity contribution in [1.82, 2.24) is 15.1 Å². The molecule has 0 unspecified atom stereocenters. The third kappa shape index (κ3) is 2.96. The predicted molar refractivity (Wildman–Crippen MR) is 98.7 cm³/mol. The maximum Gasteiger partial charge on any atom is 0.272 e. The molecular weight excluding hydrogens is 334 g/mol. The fraction of sp³-hybridized carbons (Fsp3) is 0.368. The van der Waals surface area contributed by atoms with E-state index in [9.17, 15) is 9.90 Å². The molecule has 6 heteroatoms. The largest absolute Gasteiger partial charge is 0.393 e. The van der Waals surface area contributed by atoms with Crippen molar-refractivity contribution in [2.45, 2.75) is 31.9 Å². The lowest BCUT2D eigenvalue weighted by molar-refractivity contribution is 0.0240. The van der Waals surface area contributed by atoms with Gasteiger partial charge in [0.15, 0.2) is 5.69 Å². The first-order chi connectivity index (χ1) is 12.0. The summed E-state index contributed by atoms with van der Waals surface area (Å²) in [6.07, 6.45) is 1.21. The van der Waals surface area contributed by atoms with Crippen LogP contribution in [0.4, 0.5) is 0 Å². The van der Waals surface area contributed by atoms with E-state index in [-0.39, 0.29) is 24.0 Å². The molecule has 0 radical (unpaired) electrons. The molecule has 1 aromatic carbocycles. The summed E-state index contributed by atoms with van der Waals surface area (Å²) in [6.45, 7) is 2.01. The van der Waals surface area contributed by atoms with Gasteiger partial charge in [0.05, 0.1) is 17.7 Å². The number of hydrogen-bond donors (Lipinski definition) is 2. The topological polar surface area (TPSA) is 67.2 Å². The number of thiophene rings is 1. The monoisotopic (exact) mass is 355 g/mol. The quantitative estimate of drug-likeness (QED) is 0.755. The zero-order valence-corrected chi connectivity index (χ0v) is 15.1. The van der Waals surface area contributed by atoms with Crippen molar-refractivity contribution in [3.8, 4) is 0 Å². The number of carbonyl (C=O) groups excluding carboxylic acids is 1. The van der Waals surface area contributed by atoms with E-state index in [1.165, 1.54) is 0 Å². The summed E-state index contributed by atoms with van der Waals surface area (Å²) < 4.78 is 1.75. The molecule has 2 heterocycles. The van der Waals surface area contributed by atoms with Crippen molar-refractivity contribution in [2.24, 2.45) is 13.0 Å². The van der Waals surface area contributed by atoms with Crippen LogP contribution in [0.25, 0.3) is 10.9 Å². The van der Waals surface area contributed by atoms with Gasteiger partial charge in [0.25, 0.3) is 5.91 Å². The van der Waals surface area contributed by atoms with Crippen LogP contribution in [-0.4, -0.2) is 26.9 Å². The van der Waals surface area contributed by atoms with E-state index >= 15 is 0 Å². The minimum atomic E-state index is -0.248. The number of nitrogens with one attached hydrogen (secondary N) is 1. The molecule has 1 aliphatic rings. The first-order valence-corrected chi connectivity index (χ1v) is 9.36. The highest BCUT2D eigenvalue weighted by Crippen LogP contribution is 2.39. The third-order valence-electron chi connectivity index (χ3n) is 4.98. The van der Waals surface area contributed by atoms with E-state index in [2.05, 4.69) is 10.4 Å². The van der Waals surface area contributed by atoms with Crippen molar-refractivity contribution in [3.63, 3.8) is 0 Å². The number of aromatic nitrogens is 2. The molecule has 25 heavy (non-hydrogen) atoms. The molecule has 0 saturated heterocycles. The number of hydrogen-bond acceptors (Lipinski definition) is 4. The van der Waals surface area contributed by atoms with Gasteiger partial charge in [0.1, 0.15) is 0 Å². The minimum Gasteiger partial charge on any atom is -0.393 e. The summed E-state index contributed by atoms with van der Waals surface area (Å²) in [4.78, 5) is 14.1. The molecule has 4 rings (SSSR count). The molecule has 2 aromatic heterocycles. The Balaban J connectivity index is 1.65. The zero-order chi connectivity index (χ0) is 17.6. The molecule has 0 bridgehead atoms. The van der Waals surface area contributed by atoms with Gasteiger partial charge in [-0.3, -0.25) is 9.48 Å². The number of carbonyl (C=O) groups is 1. The van der Waals surface area contributed by atoms with Crippen molar-refractivity contribution in [2.75, 3.05) is 0 Å². The first-order valence-electron chi connectivity index (χ1n) is 8.48. The van der Waals surface area contributed by atoms with Crippen LogP contribution in [0.2, 0.25) is 0 Å². The number of aliphatic hydroxyl groups excluding tert-OH is 1. The Morgan fingerprint density at radius 3 is 2.88 bits per heavy atom. The number of fused-ring (bicyclic) bond motifs is 1. The van der Waals surface area contributed by atoms with Gasteiger partial charge in [0.2, 0.25) is 0 Å². The van der Waals surface area contributed by atoms with Gasteiger partial charge in [-0.15, -0.1) is 11.3 Å².